The topological polar surface area (TPSA) is 41.6 Å². The van der Waals surface area contributed by atoms with E-state index >= 15 is 0 Å². The molecular formula is C10H6ClN3. The van der Waals surface area contributed by atoms with Crippen LogP contribution in [0.1, 0.15) is 5.56 Å². The van der Waals surface area contributed by atoms with Crippen molar-refractivity contribution >= 4 is 11.6 Å². The zero-order valence-electron chi connectivity index (χ0n) is 7.18. The van der Waals surface area contributed by atoms with Gasteiger partial charge in [-0.1, -0.05) is 11.6 Å². The first kappa shape index (κ1) is 8.79. The highest BCUT2D eigenvalue weighted by Crippen LogP contribution is 2.12. The number of rotatable bonds is 1. The zero-order chi connectivity index (χ0) is 9.97. The lowest BCUT2D eigenvalue weighted by atomic mass is 10.3. The fourth-order valence-corrected chi connectivity index (χ4v) is 1.24. The van der Waals surface area contributed by atoms with E-state index in [0.717, 1.165) is 5.69 Å². The van der Waals surface area contributed by atoms with Gasteiger partial charge in [-0.15, -0.1) is 0 Å². The number of nitrogens with zero attached hydrogens (tertiary/aromatic N) is 3. The number of aromatic nitrogens is 2. The number of benzene rings is 1. The van der Waals surface area contributed by atoms with Gasteiger partial charge in [-0.25, -0.2) is 4.68 Å². The second kappa shape index (κ2) is 3.52. The van der Waals surface area contributed by atoms with Crippen molar-refractivity contribution in [1.82, 2.24) is 9.78 Å². The van der Waals surface area contributed by atoms with Crippen molar-refractivity contribution in [2.75, 3.05) is 0 Å². The second-order valence-corrected chi connectivity index (χ2v) is 3.20. The lowest BCUT2D eigenvalue weighted by molar-refractivity contribution is 0.880. The van der Waals surface area contributed by atoms with Gasteiger partial charge in [0.1, 0.15) is 6.07 Å². The number of halogens is 1. The molecule has 4 heteroatoms. The van der Waals surface area contributed by atoms with E-state index in [2.05, 4.69) is 5.10 Å². The van der Waals surface area contributed by atoms with Gasteiger partial charge in [0.25, 0.3) is 0 Å². The molecule has 0 amide bonds. The van der Waals surface area contributed by atoms with Crippen LogP contribution in [-0.2, 0) is 0 Å². The molecule has 0 radical (unpaired) electrons. The summed E-state index contributed by atoms with van der Waals surface area (Å²) in [5.41, 5.74) is 1.43. The SMILES string of the molecule is N#Cc1cnn(-c2ccc(Cl)cc2)c1. The molecule has 0 bridgehead atoms. The highest BCUT2D eigenvalue weighted by molar-refractivity contribution is 6.30. The van der Waals surface area contributed by atoms with Gasteiger partial charge in [-0.05, 0) is 24.3 Å². The highest BCUT2D eigenvalue weighted by Gasteiger charge is 1.99. The van der Waals surface area contributed by atoms with Gasteiger partial charge in [-0.2, -0.15) is 10.4 Å². The summed E-state index contributed by atoms with van der Waals surface area (Å²) >= 11 is 5.75. The molecule has 0 aliphatic carbocycles. The number of hydrogen-bond donors (Lipinski definition) is 0. The van der Waals surface area contributed by atoms with Crippen molar-refractivity contribution in [2.45, 2.75) is 0 Å². The van der Waals surface area contributed by atoms with E-state index in [9.17, 15) is 0 Å². The Balaban J connectivity index is 2.40. The molecular weight excluding hydrogens is 198 g/mol. The van der Waals surface area contributed by atoms with E-state index in [0.29, 0.717) is 10.6 Å². The second-order valence-electron chi connectivity index (χ2n) is 2.76. The lowest BCUT2D eigenvalue weighted by Crippen LogP contribution is -1.92. The fourth-order valence-electron chi connectivity index (χ4n) is 1.12. The van der Waals surface area contributed by atoms with Gasteiger partial charge >= 0.3 is 0 Å². The zero-order valence-corrected chi connectivity index (χ0v) is 7.94. The van der Waals surface area contributed by atoms with Crippen LogP contribution >= 0.6 is 11.6 Å². The van der Waals surface area contributed by atoms with Crippen molar-refractivity contribution in [1.29, 1.82) is 5.26 Å². The molecule has 0 saturated carbocycles. The van der Waals surface area contributed by atoms with Crippen LogP contribution in [0.5, 0.6) is 0 Å². The normalized spacial score (nSPS) is 9.71. The molecule has 1 aromatic heterocycles. The fraction of sp³-hybridized carbons (Fsp3) is 0. The average molecular weight is 204 g/mol. The van der Waals surface area contributed by atoms with E-state index < -0.39 is 0 Å². The molecule has 0 aliphatic rings. The summed E-state index contributed by atoms with van der Waals surface area (Å²) in [4.78, 5) is 0. The Hall–Kier alpha value is -1.79. The predicted molar refractivity (Wildman–Crippen MR) is 53.3 cm³/mol. The Kier molecular flexibility index (Phi) is 2.21. The van der Waals surface area contributed by atoms with E-state index in [1.165, 1.54) is 6.20 Å². The Labute approximate surface area is 86.2 Å². The van der Waals surface area contributed by atoms with Gasteiger partial charge in [0.05, 0.1) is 17.4 Å². The Morgan fingerprint density at radius 2 is 2.00 bits per heavy atom. The third kappa shape index (κ3) is 1.61. The van der Waals surface area contributed by atoms with Crippen molar-refractivity contribution < 1.29 is 0 Å². The maximum absolute atomic E-state index is 8.62. The van der Waals surface area contributed by atoms with Crippen molar-refractivity contribution in [3.8, 4) is 11.8 Å². The molecule has 68 valence electrons. The third-order valence-corrected chi connectivity index (χ3v) is 2.05. The van der Waals surface area contributed by atoms with Crippen molar-refractivity contribution in [3.63, 3.8) is 0 Å². The lowest BCUT2D eigenvalue weighted by Gasteiger charge is -1.99. The first-order valence-electron chi connectivity index (χ1n) is 4.00. The van der Waals surface area contributed by atoms with E-state index in [-0.39, 0.29) is 0 Å². The van der Waals surface area contributed by atoms with Gasteiger partial charge in [0.15, 0.2) is 0 Å². The monoisotopic (exact) mass is 203 g/mol. The van der Waals surface area contributed by atoms with Gasteiger partial charge in [-0.3, -0.25) is 0 Å². The van der Waals surface area contributed by atoms with E-state index in [1.54, 1.807) is 23.0 Å². The van der Waals surface area contributed by atoms with E-state index in [4.69, 9.17) is 16.9 Å². The molecule has 1 aromatic carbocycles. The maximum Gasteiger partial charge on any atom is 0.102 e. The minimum Gasteiger partial charge on any atom is -0.240 e. The first-order valence-corrected chi connectivity index (χ1v) is 4.38. The Morgan fingerprint density at radius 1 is 1.29 bits per heavy atom. The highest BCUT2D eigenvalue weighted by atomic mass is 35.5. The maximum atomic E-state index is 8.62. The van der Waals surface area contributed by atoms with Crippen LogP contribution in [0.4, 0.5) is 0 Å². The van der Waals surface area contributed by atoms with Crippen LogP contribution in [0, 0.1) is 11.3 Å². The van der Waals surface area contributed by atoms with Gasteiger partial charge < -0.3 is 0 Å². The molecule has 0 N–H and O–H groups in total. The summed E-state index contributed by atoms with van der Waals surface area (Å²) < 4.78 is 1.63. The van der Waals surface area contributed by atoms with Crippen molar-refractivity contribution in [2.24, 2.45) is 0 Å². The quantitative estimate of drug-likeness (QED) is 0.714. The van der Waals surface area contributed by atoms with Crippen LogP contribution in [0.3, 0.4) is 0 Å². The molecule has 14 heavy (non-hydrogen) atoms. The molecule has 2 rings (SSSR count). The van der Waals surface area contributed by atoms with Crippen LogP contribution in [0.15, 0.2) is 36.7 Å². The van der Waals surface area contributed by atoms with Crippen molar-refractivity contribution in [3.05, 3.63) is 47.2 Å². The minimum absolute atomic E-state index is 0.542. The van der Waals surface area contributed by atoms with Gasteiger partial charge in [0.2, 0.25) is 0 Å². The van der Waals surface area contributed by atoms with Crippen LogP contribution in [-0.4, -0.2) is 9.78 Å². The van der Waals surface area contributed by atoms with Crippen LogP contribution in [0.25, 0.3) is 5.69 Å². The van der Waals surface area contributed by atoms with E-state index in [1.807, 2.05) is 18.2 Å². The molecule has 0 aliphatic heterocycles. The predicted octanol–water partition coefficient (Wildman–Crippen LogP) is 2.40. The standard InChI is InChI=1S/C10H6ClN3/c11-9-1-3-10(4-2-9)14-7-8(5-12)6-13-14/h1-4,6-7H. The Morgan fingerprint density at radius 3 is 2.57 bits per heavy atom. The number of nitriles is 1. The largest absolute Gasteiger partial charge is 0.240 e. The molecule has 1 heterocycles. The summed E-state index contributed by atoms with van der Waals surface area (Å²) in [5.74, 6) is 0. The Bertz CT molecular complexity index is 479. The smallest absolute Gasteiger partial charge is 0.102 e. The average Bonchev–Trinajstić information content (AvgIpc) is 2.67. The first-order chi connectivity index (χ1) is 6.79. The molecule has 0 unspecified atom stereocenters. The summed E-state index contributed by atoms with van der Waals surface area (Å²) in [6.07, 6.45) is 3.19. The summed E-state index contributed by atoms with van der Waals surface area (Å²) in [6.45, 7) is 0. The summed E-state index contributed by atoms with van der Waals surface area (Å²) in [7, 11) is 0. The van der Waals surface area contributed by atoms with Crippen LogP contribution < -0.4 is 0 Å². The molecule has 0 spiro atoms. The molecule has 3 nitrogen and oxygen atoms in total. The molecule has 0 saturated heterocycles. The molecule has 0 fully saturated rings. The van der Waals surface area contributed by atoms with Crippen LogP contribution in [0.2, 0.25) is 5.02 Å². The third-order valence-electron chi connectivity index (χ3n) is 1.80. The number of hydrogen-bond acceptors (Lipinski definition) is 2. The molecule has 0 atom stereocenters. The molecule has 2 aromatic rings. The summed E-state index contributed by atoms with van der Waals surface area (Å²) in [5, 5.41) is 13.3. The van der Waals surface area contributed by atoms with Gasteiger partial charge in [0, 0.05) is 11.2 Å². The minimum atomic E-state index is 0.542. The summed E-state index contributed by atoms with van der Waals surface area (Å²) in [6, 6.07) is 9.27.